The molecule has 2 unspecified atom stereocenters. The van der Waals surface area contributed by atoms with E-state index in [-0.39, 0.29) is 5.82 Å². The summed E-state index contributed by atoms with van der Waals surface area (Å²) in [7, 11) is 0. The predicted molar refractivity (Wildman–Crippen MR) is 276 cm³/mol. The number of hydrogen-bond donors (Lipinski definition) is 0. The number of halogens is 3. The van der Waals surface area contributed by atoms with Crippen molar-refractivity contribution in [2.45, 2.75) is 17.8 Å². The van der Waals surface area contributed by atoms with E-state index in [0.29, 0.717) is 17.1 Å². The maximum Gasteiger partial charge on any atom is 0.127 e. The zero-order valence-electron chi connectivity index (χ0n) is 38.1. The van der Waals surface area contributed by atoms with Crippen LogP contribution >= 0.6 is 0 Å². The van der Waals surface area contributed by atoms with Gasteiger partial charge in [-0.15, -0.1) is 0 Å². The second-order valence-electron chi connectivity index (χ2n) is 18.5. The summed E-state index contributed by atoms with van der Waals surface area (Å²) in [6.45, 7) is 6.01. The Morgan fingerprint density at radius 3 is 1.37 bits per heavy atom. The van der Waals surface area contributed by atoms with E-state index >= 15 is 8.78 Å². The van der Waals surface area contributed by atoms with Gasteiger partial charge in [0.2, 0.25) is 0 Å². The molecule has 1 spiro atoms. The van der Waals surface area contributed by atoms with Crippen molar-refractivity contribution < 1.29 is 17.9 Å². The Kier molecular flexibility index (Phi) is 9.31. The molecule has 0 aromatic heterocycles. The van der Waals surface area contributed by atoms with Gasteiger partial charge < -0.3 is 9.64 Å². The van der Waals surface area contributed by atoms with Crippen LogP contribution in [0.4, 0.5) is 30.2 Å². The number of rotatable bonds is 8. The molecule has 0 aliphatic heterocycles. The molecular weight excluding hydrogens is 868 g/mol. The van der Waals surface area contributed by atoms with Crippen LogP contribution in [0.3, 0.4) is 0 Å². The molecule has 0 radical (unpaired) electrons. The zero-order chi connectivity index (χ0) is 47.3. The topological polar surface area (TPSA) is 12.5 Å². The number of aryl methyl sites for hydroxylation is 1. The maximum atomic E-state index is 15.8. The fraction of sp³-hybridized carbons (Fsp3) is 0.0462. The van der Waals surface area contributed by atoms with E-state index in [1.165, 1.54) is 63.2 Å². The lowest BCUT2D eigenvalue weighted by Gasteiger charge is -2.35. The molecule has 2 atom stereocenters. The van der Waals surface area contributed by atoms with Crippen molar-refractivity contribution in [1.82, 2.24) is 0 Å². The minimum Gasteiger partial charge on any atom is -0.457 e. The summed E-state index contributed by atoms with van der Waals surface area (Å²) in [5.74, 6) is -0.423. The third kappa shape index (κ3) is 6.01. The number of nitrogens with zero attached hydrogens (tertiary/aromatic N) is 1. The molecule has 10 aromatic rings. The molecule has 0 saturated carbocycles. The highest BCUT2D eigenvalue weighted by molar-refractivity contribution is 5.97. The van der Waals surface area contributed by atoms with Crippen LogP contribution in [0.5, 0.6) is 11.5 Å². The van der Waals surface area contributed by atoms with Crippen molar-refractivity contribution in [3.8, 4) is 44.9 Å². The van der Waals surface area contributed by atoms with Gasteiger partial charge in [-0.05, 0) is 175 Å². The first-order valence-corrected chi connectivity index (χ1v) is 23.5. The van der Waals surface area contributed by atoms with Gasteiger partial charge in [-0.1, -0.05) is 146 Å². The first-order valence-electron chi connectivity index (χ1n) is 23.5. The molecule has 0 bridgehead atoms. The molecule has 334 valence electrons. The number of ether oxygens (including phenoxy) is 1. The van der Waals surface area contributed by atoms with Crippen molar-refractivity contribution in [3.05, 3.63) is 298 Å². The van der Waals surface area contributed by atoms with Crippen LogP contribution in [0.2, 0.25) is 0 Å². The smallest absolute Gasteiger partial charge is 0.127 e. The second-order valence-corrected chi connectivity index (χ2v) is 18.5. The van der Waals surface area contributed by atoms with Crippen molar-refractivity contribution in [2.75, 3.05) is 4.90 Å². The molecular formula is C65H42F3NO. The molecule has 5 heteroatoms. The van der Waals surface area contributed by atoms with E-state index in [1.54, 1.807) is 18.2 Å². The lowest BCUT2D eigenvalue weighted by Crippen LogP contribution is -2.29. The Balaban J connectivity index is 1.04. The number of hydrogen-bond acceptors (Lipinski definition) is 2. The SMILES string of the molecule is C=Cc1ccc(Oc2ccc(C3(c4cc(F)cc(F)c4)c4ccccc4-c4ccc(N(c5ccc(F)cc5)c5ccc6c(c5)C5(c7ccccc7-c7ccc(C)cc75)c5ccccc5-6)cc43)cc2)cc1. The summed E-state index contributed by atoms with van der Waals surface area (Å²) in [5, 5.41) is 0. The Labute approximate surface area is 404 Å². The quantitative estimate of drug-likeness (QED) is 0.151. The summed E-state index contributed by atoms with van der Waals surface area (Å²) in [6, 6.07) is 71.3. The minimum absolute atomic E-state index is 0.348. The van der Waals surface area contributed by atoms with Gasteiger partial charge in [0.05, 0.1) is 10.8 Å². The van der Waals surface area contributed by atoms with Gasteiger partial charge in [0.25, 0.3) is 0 Å². The normalized spacial score (nSPS) is 16.5. The van der Waals surface area contributed by atoms with Crippen LogP contribution in [0, 0.1) is 24.4 Å². The van der Waals surface area contributed by atoms with E-state index in [2.05, 4.69) is 134 Å². The third-order valence-corrected chi connectivity index (χ3v) is 14.8. The van der Waals surface area contributed by atoms with Gasteiger partial charge in [0, 0.05) is 23.1 Å². The highest BCUT2D eigenvalue weighted by Crippen LogP contribution is 2.64. The van der Waals surface area contributed by atoms with Gasteiger partial charge in [0.15, 0.2) is 0 Å². The molecule has 3 aliphatic carbocycles. The lowest BCUT2D eigenvalue weighted by atomic mass is 9.67. The molecule has 10 aromatic carbocycles. The summed E-state index contributed by atoms with van der Waals surface area (Å²) < 4.78 is 52.9. The molecule has 0 saturated heterocycles. The summed E-state index contributed by atoms with van der Waals surface area (Å²) in [4.78, 5) is 2.17. The highest BCUT2D eigenvalue weighted by atomic mass is 19.1. The summed E-state index contributed by atoms with van der Waals surface area (Å²) in [6.07, 6.45) is 1.78. The highest BCUT2D eigenvalue weighted by Gasteiger charge is 2.52. The largest absolute Gasteiger partial charge is 0.457 e. The van der Waals surface area contributed by atoms with Crippen LogP contribution in [0.25, 0.3) is 39.5 Å². The Morgan fingerprint density at radius 2 is 0.829 bits per heavy atom. The van der Waals surface area contributed by atoms with Gasteiger partial charge >= 0.3 is 0 Å². The van der Waals surface area contributed by atoms with E-state index in [9.17, 15) is 4.39 Å². The molecule has 0 amide bonds. The Hall–Kier alpha value is -8.67. The zero-order valence-corrected chi connectivity index (χ0v) is 38.1. The average molecular weight is 910 g/mol. The van der Waals surface area contributed by atoms with Crippen LogP contribution in [-0.4, -0.2) is 0 Å². The van der Waals surface area contributed by atoms with Crippen LogP contribution in [0.1, 0.15) is 55.6 Å². The van der Waals surface area contributed by atoms with Crippen LogP contribution in [0.15, 0.2) is 225 Å². The van der Waals surface area contributed by atoms with E-state index in [1.807, 2.05) is 60.7 Å². The lowest BCUT2D eigenvalue weighted by molar-refractivity contribution is 0.482. The van der Waals surface area contributed by atoms with Crippen LogP contribution in [-0.2, 0) is 10.8 Å². The van der Waals surface area contributed by atoms with Crippen molar-refractivity contribution in [1.29, 1.82) is 0 Å². The van der Waals surface area contributed by atoms with Gasteiger partial charge in [-0.3, -0.25) is 0 Å². The van der Waals surface area contributed by atoms with Crippen LogP contribution < -0.4 is 9.64 Å². The number of benzene rings is 10. The van der Waals surface area contributed by atoms with Gasteiger partial charge in [0.1, 0.15) is 29.0 Å². The average Bonchev–Trinajstić information content (AvgIpc) is 3.97. The summed E-state index contributed by atoms with van der Waals surface area (Å²) >= 11 is 0. The standard InChI is InChI=1S/C65H42F3NO/c1-3-41-17-27-50(28-18-41)70-51-29-19-42(20-30-51)64(43-35-45(67)37-46(68)36-43)58-13-7-4-10-52(58)56-32-25-48(38-62(56)64)69(47-23-21-44(66)22-24-47)49-26-33-57-54-12-6-9-15-60(54)65(63(57)39-49)59-14-8-5-11-53(59)55-31-16-40(2)34-61(55)65/h3-39H,1H2,2H3. The molecule has 2 nitrogen and oxygen atoms in total. The fourth-order valence-corrected chi connectivity index (χ4v) is 12.0. The molecule has 0 N–H and O–H groups in total. The Bertz CT molecular complexity index is 3730. The van der Waals surface area contributed by atoms with Crippen molar-refractivity contribution in [2.24, 2.45) is 0 Å². The van der Waals surface area contributed by atoms with E-state index in [4.69, 9.17) is 4.74 Å². The van der Waals surface area contributed by atoms with E-state index < -0.39 is 22.5 Å². The minimum atomic E-state index is -1.18. The molecule has 3 aliphatic rings. The van der Waals surface area contributed by atoms with Gasteiger partial charge in [-0.2, -0.15) is 0 Å². The van der Waals surface area contributed by atoms with Crippen molar-refractivity contribution >= 4 is 23.1 Å². The monoisotopic (exact) mass is 909 g/mol. The fourth-order valence-electron chi connectivity index (χ4n) is 12.0. The first kappa shape index (κ1) is 41.5. The van der Waals surface area contributed by atoms with E-state index in [0.717, 1.165) is 67.6 Å². The number of anilines is 3. The molecule has 13 rings (SSSR count). The third-order valence-electron chi connectivity index (χ3n) is 14.8. The summed E-state index contributed by atoms with van der Waals surface area (Å²) in [5.41, 5.74) is 17.3. The van der Waals surface area contributed by atoms with Gasteiger partial charge in [-0.25, -0.2) is 13.2 Å². The van der Waals surface area contributed by atoms with Crippen molar-refractivity contribution in [3.63, 3.8) is 0 Å². The number of fused-ring (bicyclic) bond motifs is 13. The second kappa shape index (κ2) is 15.7. The maximum absolute atomic E-state index is 15.8. The molecule has 70 heavy (non-hydrogen) atoms. The Morgan fingerprint density at radius 1 is 0.386 bits per heavy atom. The molecule has 0 fully saturated rings. The predicted octanol–water partition coefficient (Wildman–Crippen LogP) is 17.0. The molecule has 0 heterocycles. The first-order chi connectivity index (χ1) is 34.2.